The van der Waals surface area contributed by atoms with Crippen molar-refractivity contribution in [3.63, 3.8) is 0 Å². The van der Waals surface area contributed by atoms with Crippen molar-refractivity contribution >= 4 is 17.5 Å². The van der Waals surface area contributed by atoms with Crippen molar-refractivity contribution in [2.45, 2.75) is 19.4 Å². The van der Waals surface area contributed by atoms with Crippen molar-refractivity contribution in [1.29, 1.82) is 0 Å². The zero-order valence-electron chi connectivity index (χ0n) is 16.9. The van der Waals surface area contributed by atoms with Crippen LogP contribution in [0, 0.1) is 0 Å². The molecule has 0 N–H and O–H groups in total. The maximum Gasteiger partial charge on any atom is 0.271 e. The first-order chi connectivity index (χ1) is 15.0. The fourth-order valence-corrected chi connectivity index (χ4v) is 4.00. The van der Waals surface area contributed by atoms with Gasteiger partial charge in [0.2, 0.25) is 6.43 Å². The fraction of sp³-hybridized carbons (Fsp3) is 0.292. The van der Waals surface area contributed by atoms with Crippen LogP contribution in [-0.2, 0) is 17.7 Å². The van der Waals surface area contributed by atoms with Crippen molar-refractivity contribution in [3.8, 4) is 11.1 Å². The van der Waals surface area contributed by atoms with Gasteiger partial charge in [-0.3, -0.25) is 4.79 Å². The quantitative estimate of drug-likeness (QED) is 0.527. The Morgan fingerprint density at radius 2 is 1.71 bits per heavy atom. The number of halogens is 3. The lowest BCUT2D eigenvalue weighted by atomic mass is 10.0. The van der Waals surface area contributed by atoms with Crippen LogP contribution in [0.25, 0.3) is 11.1 Å². The topological polar surface area (TPSA) is 34.5 Å². The van der Waals surface area contributed by atoms with E-state index in [4.69, 9.17) is 16.3 Å². The molecule has 1 aromatic heterocycles. The molecule has 1 amide bonds. The van der Waals surface area contributed by atoms with E-state index in [0.717, 1.165) is 11.1 Å². The largest absolute Gasteiger partial charge is 0.378 e. The third-order valence-corrected chi connectivity index (χ3v) is 5.64. The molecule has 0 aliphatic carbocycles. The molecule has 0 unspecified atom stereocenters. The van der Waals surface area contributed by atoms with E-state index in [0.29, 0.717) is 54.8 Å². The van der Waals surface area contributed by atoms with Gasteiger partial charge in [-0.05, 0) is 29.3 Å². The predicted octanol–water partition coefficient (Wildman–Crippen LogP) is 5.14. The van der Waals surface area contributed by atoms with Gasteiger partial charge in [-0.15, -0.1) is 0 Å². The maximum absolute atomic E-state index is 13.6. The smallest absolute Gasteiger partial charge is 0.271 e. The first-order valence-electron chi connectivity index (χ1n) is 10.2. The van der Waals surface area contributed by atoms with Gasteiger partial charge in [-0.2, -0.15) is 0 Å². The summed E-state index contributed by atoms with van der Waals surface area (Å²) < 4.78 is 34.0. The first-order valence-corrected chi connectivity index (χ1v) is 10.6. The number of nitrogens with zero attached hydrogens (tertiary/aromatic N) is 2. The Labute approximate surface area is 185 Å². The van der Waals surface area contributed by atoms with Crippen LogP contribution in [0.15, 0.2) is 60.7 Å². The van der Waals surface area contributed by atoms with Crippen molar-refractivity contribution in [3.05, 3.63) is 82.6 Å². The summed E-state index contributed by atoms with van der Waals surface area (Å²) in [5, 5.41) is 0.571. The fourth-order valence-electron chi connectivity index (χ4n) is 3.87. The number of amides is 1. The monoisotopic (exact) mass is 444 g/mol. The van der Waals surface area contributed by atoms with Crippen LogP contribution in [0.2, 0.25) is 5.02 Å². The van der Waals surface area contributed by atoms with E-state index in [9.17, 15) is 13.6 Å². The number of hydrogen-bond donors (Lipinski definition) is 0. The molecule has 4 rings (SSSR count). The molecule has 2 aromatic carbocycles. The number of ether oxygens (including phenoxy) is 1. The van der Waals surface area contributed by atoms with E-state index in [1.54, 1.807) is 27.7 Å². The summed E-state index contributed by atoms with van der Waals surface area (Å²) in [5.74, 6) is -0.176. The molecule has 0 saturated carbocycles. The molecule has 1 aliphatic heterocycles. The van der Waals surface area contributed by atoms with Gasteiger partial charge in [-0.1, -0.05) is 54.1 Å². The van der Waals surface area contributed by atoms with Gasteiger partial charge in [0.05, 0.1) is 13.2 Å². The molecule has 0 radical (unpaired) electrons. The number of hydrogen-bond acceptors (Lipinski definition) is 2. The Hall–Kier alpha value is -2.70. The number of aromatic nitrogens is 1. The van der Waals surface area contributed by atoms with E-state index < -0.39 is 12.8 Å². The van der Waals surface area contributed by atoms with Crippen LogP contribution in [0.5, 0.6) is 0 Å². The lowest BCUT2D eigenvalue weighted by Crippen LogP contribution is -2.41. The molecule has 0 bridgehead atoms. The standard InChI is InChI=1S/C24H23ClF2N2O2/c25-19-8-6-18(7-9-19)21-14-20(15-22(26)27)29(16-17-4-2-1-3-5-17)23(21)24(30)28-10-12-31-13-11-28/h1-9,14,22H,10-13,15-16H2. The summed E-state index contributed by atoms with van der Waals surface area (Å²) in [5.41, 5.74) is 3.19. The highest BCUT2D eigenvalue weighted by Crippen LogP contribution is 2.32. The Morgan fingerprint density at radius 1 is 1.03 bits per heavy atom. The van der Waals surface area contributed by atoms with Crippen LogP contribution in [0.3, 0.4) is 0 Å². The molecular weight excluding hydrogens is 422 g/mol. The van der Waals surface area contributed by atoms with Gasteiger partial charge in [0.15, 0.2) is 0 Å². The van der Waals surface area contributed by atoms with Crippen LogP contribution in [0.1, 0.15) is 21.7 Å². The average molecular weight is 445 g/mol. The van der Waals surface area contributed by atoms with Crippen LogP contribution < -0.4 is 0 Å². The van der Waals surface area contributed by atoms with Crippen LogP contribution in [-0.4, -0.2) is 48.1 Å². The highest BCUT2D eigenvalue weighted by molar-refractivity contribution is 6.30. The molecule has 0 spiro atoms. The summed E-state index contributed by atoms with van der Waals surface area (Å²) in [4.78, 5) is 15.3. The summed E-state index contributed by atoms with van der Waals surface area (Å²) in [6.07, 6.45) is -2.95. The molecule has 1 fully saturated rings. The zero-order chi connectivity index (χ0) is 21.8. The number of alkyl halides is 2. The summed E-state index contributed by atoms with van der Waals surface area (Å²) in [6, 6.07) is 18.4. The Balaban J connectivity index is 1.86. The molecule has 7 heteroatoms. The third kappa shape index (κ3) is 4.97. The van der Waals surface area contributed by atoms with Crippen molar-refractivity contribution in [1.82, 2.24) is 9.47 Å². The zero-order valence-corrected chi connectivity index (χ0v) is 17.7. The van der Waals surface area contributed by atoms with Crippen molar-refractivity contribution in [2.75, 3.05) is 26.3 Å². The minimum atomic E-state index is -2.52. The summed E-state index contributed by atoms with van der Waals surface area (Å²) in [7, 11) is 0. The van der Waals surface area contributed by atoms with E-state index in [1.165, 1.54) is 0 Å². The number of rotatable bonds is 6. The van der Waals surface area contributed by atoms with Gasteiger partial charge in [0.25, 0.3) is 5.91 Å². The molecule has 2 heterocycles. The molecule has 0 atom stereocenters. The second-order valence-corrected chi connectivity index (χ2v) is 7.91. The Morgan fingerprint density at radius 3 is 2.35 bits per heavy atom. The van der Waals surface area contributed by atoms with E-state index in [2.05, 4.69) is 0 Å². The van der Waals surface area contributed by atoms with Crippen LogP contribution >= 0.6 is 11.6 Å². The second-order valence-electron chi connectivity index (χ2n) is 7.48. The number of benzene rings is 2. The molecule has 4 nitrogen and oxygen atoms in total. The van der Waals surface area contributed by atoms with Crippen molar-refractivity contribution < 1.29 is 18.3 Å². The summed E-state index contributed by atoms with van der Waals surface area (Å²) in [6.45, 7) is 2.21. The predicted molar refractivity (Wildman–Crippen MR) is 117 cm³/mol. The molecule has 1 aliphatic rings. The first kappa shape index (κ1) is 21.5. The second kappa shape index (κ2) is 9.62. The molecule has 162 valence electrons. The van der Waals surface area contributed by atoms with Gasteiger partial charge in [0.1, 0.15) is 5.69 Å². The molecule has 1 saturated heterocycles. The molecule has 3 aromatic rings. The number of carbonyl (C=O) groups is 1. The third-order valence-electron chi connectivity index (χ3n) is 5.39. The lowest BCUT2D eigenvalue weighted by Gasteiger charge is -2.28. The van der Waals surface area contributed by atoms with Crippen molar-refractivity contribution in [2.24, 2.45) is 0 Å². The van der Waals surface area contributed by atoms with Gasteiger partial charge in [0, 0.05) is 42.3 Å². The highest BCUT2D eigenvalue weighted by Gasteiger charge is 2.28. The number of morpholine rings is 1. The van der Waals surface area contributed by atoms with E-state index >= 15 is 0 Å². The van der Waals surface area contributed by atoms with E-state index in [1.807, 2.05) is 42.5 Å². The minimum absolute atomic E-state index is 0.176. The van der Waals surface area contributed by atoms with Gasteiger partial charge >= 0.3 is 0 Å². The highest BCUT2D eigenvalue weighted by atomic mass is 35.5. The normalized spacial score (nSPS) is 14.3. The molecular formula is C24H23ClF2N2O2. The molecule has 31 heavy (non-hydrogen) atoms. The van der Waals surface area contributed by atoms with Crippen LogP contribution in [0.4, 0.5) is 8.78 Å². The maximum atomic E-state index is 13.6. The minimum Gasteiger partial charge on any atom is -0.378 e. The van der Waals surface area contributed by atoms with Gasteiger partial charge < -0.3 is 14.2 Å². The summed E-state index contributed by atoms with van der Waals surface area (Å²) >= 11 is 6.04. The Kier molecular flexibility index (Phi) is 6.68. The lowest BCUT2D eigenvalue weighted by molar-refractivity contribution is 0.0296. The Bertz CT molecular complexity index is 1030. The van der Waals surface area contributed by atoms with E-state index in [-0.39, 0.29) is 5.91 Å². The average Bonchev–Trinajstić information content (AvgIpc) is 3.12. The van der Waals surface area contributed by atoms with Gasteiger partial charge in [-0.25, -0.2) is 8.78 Å². The SMILES string of the molecule is O=C(c1c(-c2ccc(Cl)cc2)cc(CC(F)F)n1Cc1ccccc1)N1CCOCC1. The number of carbonyl (C=O) groups excluding carboxylic acids is 1.